The molecule has 1 aromatic heterocycles. The number of anilines is 1. The van der Waals surface area contributed by atoms with E-state index in [1.165, 1.54) is 6.20 Å². The third kappa shape index (κ3) is 7.41. The Labute approximate surface area is 197 Å². The number of ether oxygens (including phenoxy) is 1. The van der Waals surface area contributed by atoms with E-state index in [1.54, 1.807) is 7.11 Å². The number of carbonyl (C=O) groups excluding carboxylic acids is 1. The summed E-state index contributed by atoms with van der Waals surface area (Å²) in [7, 11) is 1.69. The highest BCUT2D eigenvalue weighted by atomic mass is 16.5. The molecule has 0 saturated heterocycles. The molecule has 0 unspecified atom stereocenters. The van der Waals surface area contributed by atoms with Gasteiger partial charge in [0.2, 0.25) is 0 Å². The second-order valence-corrected chi connectivity index (χ2v) is 8.31. The summed E-state index contributed by atoms with van der Waals surface area (Å²) in [5, 5.41) is 15.5. The minimum atomic E-state index is -0.385. The maximum atomic E-state index is 12.8. The molecule has 1 heterocycles. The van der Waals surface area contributed by atoms with Crippen LogP contribution in [0.4, 0.5) is 5.69 Å². The number of methoxy groups -OCH3 is 1. The lowest BCUT2D eigenvalue weighted by molar-refractivity contribution is 0.101. The zero-order valence-electron chi connectivity index (χ0n) is 20.3. The van der Waals surface area contributed by atoms with Gasteiger partial charge < -0.3 is 20.4 Å². The number of rotatable bonds is 12. The Balaban J connectivity index is 2.48. The fourth-order valence-electron chi connectivity index (χ4n) is 3.42. The van der Waals surface area contributed by atoms with E-state index < -0.39 is 0 Å². The summed E-state index contributed by atoms with van der Waals surface area (Å²) >= 11 is 0. The van der Waals surface area contributed by atoms with Crippen LogP contribution in [0.3, 0.4) is 0 Å². The Hall–Kier alpha value is -3.21. The molecule has 1 aromatic carbocycles. The van der Waals surface area contributed by atoms with E-state index >= 15 is 0 Å². The topological polar surface area (TPSA) is 103 Å². The van der Waals surface area contributed by atoms with E-state index in [1.807, 2.05) is 31.2 Å². The predicted octanol–water partition coefficient (Wildman–Crippen LogP) is 5.15. The number of unbranched alkanes of at least 4 members (excludes halogenated alkanes) is 1. The average Bonchev–Trinajstić information content (AvgIpc) is 3.29. The Morgan fingerprint density at radius 3 is 2.79 bits per heavy atom. The van der Waals surface area contributed by atoms with Crippen LogP contribution in [-0.4, -0.2) is 36.1 Å². The van der Waals surface area contributed by atoms with E-state index in [9.17, 15) is 4.79 Å². The molecule has 1 amide bonds. The molecule has 7 nitrogen and oxygen atoms in total. The van der Waals surface area contributed by atoms with Crippen LogP contribution in [0.2, 0.25) is 0 Å². The largest absolute Gasteiger partial charge is 0.383 e. The number of benzene rings is 1. The molecule has 0 aliphatic rings. The molecular weight excluding hydrogens is 414 g/mol. The van der Waals surface area contributed by atoms with Crippen molar-refractivity contribution in [2.75, 3.05) is 25.6 Å². The monoisotopic (exact) mass is 449 g/mol. The van der Waals surface area contributed by atoms with Crippen molar-refractivity contribution < 1.29 is 9.53 Å². The van der Waals surface area contributed by atoms with Gasteiger partial charge >= 0.3 is 0 Å². The third-order valence-corrected chi connectivity index (χ3v) is 5.37. The van der Waals surface area contributed by atoms with E-state index in [4.69, 9.17) is 10.00 Å². The van der Waals surface area contributed by atoms with Crippen LogP contribution in [-0.2, 0) is 10.3 Å². The molecule has 0 aliphatic carbocycles. The lowest BCUT2D eigenvalue weighted by Crippen LogP contribution is -2.38. The number of aromatic amines is 1. The molecule has 33 heavy (non-hydrogen) atoms. The molecule has 176 valence electrons. The second-order valence-electron chi connectivity index (χ2n) is 8.31. The highest BCUT2D eigenvalue weighted by Crippen LogP contribution is 2.32. The number of carbonyl (C=O) groups is 1. The van der Waals surface area contributed by atoms with E-state index in [2.05, 4.69) is 59.6 Å². The summed E-state index contributed by atoms with van der Waals surface area (Å²) in [5.74, 6) is -0.278. The normalized spacial score (nSPS) is 12.2. The average molecular weight is 450 g/mol. The Bertz CT molecular complexity index is 1030. The molecule has 0 bridgehead atoms. The number of H-pyrrole nitrogens is 1. The van der Waals surface area contributed by atoms with Gasteiger partial charge in [-0.15, -0.1) is 0 Å². The van der Waals surface area contributed by atoms with Crippen LogP contribution in [0.15, 0.2) is 42.6 Å². The minimum absolute atomic E-state index is 0.107. The highest BCUT2D eigenvalue weighted by Gasteiger charge is 2.22. The summed E-state index contributed by atoms with van der Waals surface area (Å²) in [5.41, 5.74) is 3.90. The number of aromatic nitrogens is 2. The van der Waals surface area contributed by atoms with Crippen LogP contribution in [0, 0.1) is 11.3 Å². The number of nitrogens with one attached hydrogen (secondary N) is 3. The predicted molar refractivity (Wildman–Crippen MR) is 133 cm³/mol. The van der Waals surface area contributed by atoms with Crippen LogP contribution in [0.25, 0.3) is 5.57 Å². The van der Waals surface area contributed by atoms with Crippen LogP contribution >= 0.6 is 0 Å². The standard InChI is InChI=1S/C26H35N5O2/c1-6-8-10-19(11-9-7-2)22-16-20(26(3,4)29-14-15-33-5)12-13-23(22)31-25(32)24-28-18-21(17-27)30-24/h6,8,11-13,16,18,29H,7,9-10,14-15H2,1-5H3,(H,28,30)(H,31,32)/b8-6+,19-11+. The maximum absolute atomic E-state index is 12.8. The van der Waals surface area contributed by atoms with Gasteiger partial charge in [0.25, 0.3) is 5.91 Å². The smallest absolute Gasteiger partial charge is 0.291 e. The molecule has 7 heteroatoms. The van der Waals surface area contributed by atoms with Crippen LogP contribution in [0.5, 0.6) is 0 Å². The first-order valence-corrected chi connectivity index (χ1v) is 11.3. The number of allylic oxidation sites excluding steroid dienone is 4. The first-order valence-electron chi connectivity index (χ1n) is 11.3. The Morgan fingerprint density at radius 2 is 2.15 bits per heavy atom. The van der Waals surface area contributed by atoms with Crippen molar-refractivity contribution in [1.82, 2.24) is 15.3 Å². The van der Waals surface area contributed by atoms with Gasteiger partial charge in [-0.05, 0) is 56.9 Å². The van der Waals surface area contributed by atoms with Crippen molar-refractivity contribution in [1.29, 1.82) is 5.26 Å². The Kier molecular flexibility index (Phi) is 10.0. The SMILES string of the molecule is C/C=C/C/C(=C\CCC)c1cc(C(C)(C)NCCOC)ccc1NC(=O)c1ncc(C#N)[nH]1. The lowest BCUT2D eigenvalue weighted by Gasteiger charge is -2.28. The van der Waals surface area contributed by atoms with Gasteiger partial charge in [-0.3, -0.25) is 4.79 Å². The number of hydrogen-bond acceptors (Lipinski definition) is 5. The van der Waals surface area contributed by atoms with Gasteiger partial charge in [0.15, 0.2) is 5.82 Å². The third-order valence-electron chi connectivity index (χ3n) is 5.37. The zero-order valence-corrected chi connectivity index (χ0v) is 20.3. The molecule has 0 fully saturated rings. The van der Waals surface area contributed by atoms with Crippen LogP contribution in [0.1, 0.15) is 74.4 Å². The van der Waals surface area contributed by atoms with Crippen molar-refractivity contribution in [3.8, 4) is 6.07 Å². The van der Waals surface area contributed by atoms with E-state index in [-0.39, 0.29) is 23.0 Å². The summed E-state index contributed by atoms with van der Waals surface area (Å²) in [6, 6.07) is 8.06. The molecule has 0 atom stereocenters. The number of amides is 1. The minimum Gasteiger partial charge on any atom is -0.383 e. The van der Waals surface area contributed by atoms with Crippen molar-refractivity contribution in [2.45, 2.75) is 52.5 Å². The molecule has 0 radical (unpaired) electrons. The molecule has 2 rings (SSSR count). The summed E-state index contributed by atoms with van der Waals surface area (Å²) in [4.78, 5) is 19.6. The van der Waals surface area contributed by atoms with Gasteiger partial charge in [-0.2, -0.15) is 5.26 Å². The molecule has 2 aromatic rings. The summed E-state index contributed by atoms with van der Waals surface area (Å²) < 4.78 is 5.18. The van der Waals surface area contributed by atoms with Crippen LogP contribution < -0.4 is 10.6 Å². The summed E-state index contributed by atoms with van der Waals surface area (Å²) in [6.07, 6.45) is 10.5. The molecule has 3 N–H and O–H groups in total. The van der Waals surface area contributed by atoms with Crippen molar-refractivity contribution in [2.24, 2.45) is 0 Å². The number of nitrogens with zero attached hydrogens (tertiary/aromatic N) is 2. The maximum Gasteiger partial charge on any atom is 0.291 e. The number of nitriles is 1. The van der Waals surface area contributed by atoms with Gasteiger partial charge in [0.05, 0.1) is 12.8 Å². The second kappa shape index (κ2) is 12.7. The fourth-order valence-corrected chi connectivity index (χ4v) is 3.42. The van der Waals surface area contributed by atoms with Gasteiger partial charge in [-0.1, -0.05) is 37.6 Å². The lowest BCUT2D eigenvalue weighted by atomic mass is 9.89. The van der Waals surface area contributed by atoms with Crippen molar-refractivity contribution in [3.05, 3.63) is 65.3 Å². The highest BCUT2D eigenvalue weighted by molar-refractivity contribution is 6.03. The molecule has 0 saturated carbocycles. The van der Waals surface area contributed by atoms with Crippen molar-refractivity contribution >= 4 is 17.2 Å². The van der Waals surface area contributed by atoms with Crippen molar-refractivity contribution in [3.63, 3.8) is 0 Å². The van der Waals surface area contributed by atoms with E-state index in [0.717, 1.165) is 42.5 Å². The quantitative estimate of drug-likeness (QED) is 0.307. The van der Waals surface area contributed by atoms with E-state index in [0.29, 0.717) is 12.3 Å². The first kappa shape index (κ1) is 26.0. The van der Waals surface area contributed by atoms with Gasteiger partial charge in [-0.25, -0.2) is 4.98 Å². The Morgan fingerprint density at radius 1 is 1.36 bits per heavy atom. The first-order chi connectivity index (χ1) is 15.9. The molecule has 0 aliphatic heterocycles. The van der Waals surface area contributed by atoms with Gasteiger partial charge in [0, 0.05) is 30.4 Å². The molecule has 0 spiro atoms. The zero-order chi connectivity index (χ0) is 24.3. The number of imidazole rings is 1. The van der Waals surface area contributed by atoms with Gasteiger partial charge in [0.1, 0.15) is 11.8 Å². The fraction of sp³-hybridized carbons (Fsp3) is 0.423. The number of hydrogen-bond donors (Lipinski definition) is 3. The summed E-state index contributed by atoms with van der Waals surface area (Å²) in [6.45, 7) is 9.77. The molecular formula is C26H35N5O2.